The average molecular weight is 819 g/mol. The number of hydrogen-bond acceptors (Lipinski definition) is 8. The molecular formula is C56H34N8. The Labute approximate surface area is 367 Å². The first-order valence-corrected chi connectivity index (χ1v) is 21.0. The Morgan fingerprint density at radius 1 is 0.266 bits per heavy atom. The van der Waals surface area contributed by atoms with Crippen molar-refractivity contribution in [2.24, 2.45) is 0 Å². The summed E-state index contributed by atoms with van der Waals surface area (Å²) in [6.07, 6.45) is 9.30. The van der Waals surface area contributed by atoms with Gasteiger partial charge in [-0.25, -0.2) is 15.0 Å². The Morgan fingerprint density at radius 3 is 1.53 bits per heavy atom. The van der Waals surface area contributed by atoms with Crippen molar-refractivity contribution in [2.75, 3.05) is 0 Å². The molecule has 8 heteroatoms. The maximum atomic E-state index is 5.21. The van der Waals surface area contributed by atoms with Gasteiger partial charge >= 0.3 is 0 Å². The van der Waals surface area contributed by atoms with Crippen molar-refractivity contribution in [3.8, 4) is 78.8 Å². The lowest BCUT2D eigenvalue weighted by Gasteiger charge is -2.13. The van der Waals surface area contributed by atoms with Crippen molar-refractivity contribution in [1.82, 2.24) is 39.9 Å². The summed E-state index contributed by atoms with van der Waals surface area (Å²) in [6.45, 7) is 0. The molecule has 0 atom stereocenters. The van der Waals surface area contributed by atoms with E-state index < -0.39 is 0 Å². The molecule has 0 saturated heterocycles. The minimum Gasteiger partial charge on any atom is -0.256 e. The van der Waals surface area contributed by atoms with Crippen LogP contribution in [0.2, 0.25) is 0 Å². The number of hydrogen-bond donors (Lipinski definition) is 0. The molecule has 298 valence electrons. The smallest absolute Gasteiger partial charge is 0.165 e. The van der Waals surface area contributed by atoms with E-state index in [0.29, 0.717) is 17.5 Å². The molecule has 12 rings (SSSR count). The van der Waals surface area contributed by atoms with Gasteiger partial charge in [0.05, 0.1) is 27.8 Å². The Bertz CT molecular complexity index is 3490. The van der Waals surface area contributed by atoms with Crippen LogP contribution in [-0.4, -0.2) is 39.9 Å². The average Bonchev–Trinajstić information content (AvgIpc) is 3.38. The van der Waals surface area contributed by atoms with E-state index >= 15 is 0 Å². The maximum Gasteiger partial charge on any atom is 0.165 e. The predicted octanol–water partition coefficient (Wildman–Crippen LogP) is 13.1. The van der Waals surface area contributed by atoms with Crippen LogP contribution >= 0.6 is 0 Å². The maximum absolute atomic E-state index is 5.21. The van der Waals surface area contributed by atoms with Crippen molar-refractivity contribution in [3.63, 3.8) is 0 Å². The minimum absolute atomic E-state index is 0.529. The molecule has 0 N–H and O–H groups in total. The normalized spacial score (nSPS) is 11.4. The lowest BCUT2D eigenvalue weighted by atomic mass is 9.94. The summed E-state index contributed by atoms with van der Waals surface area (Å²) in [5, 5.41) is 4.18. The number of rotatable bonds is 7. The van der Waals surface area contributed by atoms with Crippen LogP contribution in [0.5, 0.6) is 0 Å². The third kappa shape index (κ3) is 6.85. The molecule has 6 heterocycles. The van der Waals surface area contributed by atoms with Gasteiger partial charge in [-0.2, -0.15) is 0 Å². The summed E-state index contributed by atoms with van der Waals surface area (Å²) in [7, 11) is 0. The highest BCUT2D eigenvalue weighted by atomic mass is 15.0. The number of aromatic nitrogens is 8. The van der Waals surface area contributed by atoms with Crippen molar-refractivity contribution < 1.29 is 0 Å². The summed E-state index contributed by atoms with van der Waals surface area (Å²) < 4.78 is 0. The molecule has 0 radical (unpaired) electrons. The predicted molar refractivity (Wildman–Crippen MR) is 257 cm³/mol. The molecule has 8 nitrogen and oxygen atoms in total. The number of pyridine rings is 5. The second kappa shape index (κ2) is 15.5. The van der Waals surface area contributed by atoms with E-state index in [9.17, 15) is 0 Å². The van der Waals surface area contributed by atoms with Crippen LogP contribution in [0.15, 0.2) is 207 Å². The van der Waals surface area contributed by atoms with Gasteiger partial charge in [-0.1, -0.05) is 91.0 Å². The number of fused-ring (bicyclic) bond motifs is 4. The highest BCUT2D eigenvalue weighted by Gasteiger charge is 2.17. The molecule has 0 aliphatic carbocycles. The number of para-hydroxylation sites is 3. The van der Waals surface area contributed by atoms with E-state index in [4.69, 9.17) is 24.9 Å². The standard InChI is InChI=1S/C56H34N8/c1-4-12-49-37(8-1)29-44(34-60-49)56-63-54(39-19-21-50-38(28-39)9-7-25-57-50)62-55(64-56)43-31-41(35-15-17-36(18-16-35)45-23-26-58-51-13-5-2-10-46(45)51)30-42(32-43)40-20-22-53(61-33-40)48-24-27-59-52-14-6-3-11-47(48)52/h1-34H. The molecule has 6 aromatic carbocycles. The largest absolute Gasteiger partial charge is 0.256 e. The van der Waals surface area contributed by atoms with Crippen LogP contribution in [0, 0.1) is 0 Å². The van der Waals surface area contributed by atoms with Gasteiger partial charge in [0.2, 0.25) is 0 Å². The van der Waals surface area contributed by atoms with E-state index in [-0.39, 0.29) is 0 Å². The quantitative estimate of drug-likeness (QED) is 0.157. The topological polar surface area (TPSA) is 103 Å². The van der Waals surface area contributed by atoms with Gasteiger partial charge in [0.15, 0.2) is 17.5 Å². The zero-order chi connectivity index (χ0) is 42.4. The van der Waals surface area contributed by atoms with E-state index in [1.807, 2.05) is 97.6 Å². The molecule has 0 aliphatic heterocycles. The highest BCUT2D eigenvalue weighted by Crippen LogP contribution is 2.36. The Morgan fingerprint density at radius 2 is 0.781 bits per heavy atom. The molecule has 64 heavy (non-hydrogen) atoms. The van der Waals surface area contributed by atoms with E-state index in [1.165, 1.54) is 0 Å². The van der Waals surface area contributed by atoms with Crippen LogP contribution < -0.4 is 0 Å². The summed E-state index contributed by atoms with van der Waals surface area (Å²) >= 11 is 0. The lowest BCUT2D eigenvalue weighted by molar-refractivity contribution is 1.07. The third-order valence-corrected chi connectivity index (χ3v) is 11.7. The fraction of sp³-hybridized carbons (Fsp3) is 0. The van der Waals surface area contributed by atoms with Crippen molar-refractivity contribution >= 4 is 43.6 Å². The van der Waals surface area contributed by atoms with Crippen LogP contribution in [0.25, 0.3) is 122 Å². The molecule has 0 amide bonds. The summed E-state index contributed by atoms with van der Waals surface area (Å²) in [5.74, 6) is 1.62. The molecule has 0 aliphatic rings. The summed E-state index contributed by atoms with van der Waals surface area (Å²) in [4.78, 5) is 39.0. The molecule has 0 fully saturated rings. The second-order valence-electron chi connectivity index (χ2n) is 15.7. The Hall–Kier alpha value is -8.88. The Balaban J connectivity index is 1.02. The van der Waals surface area contributed by atoms with Crippen molar-refractivity contribution in [2.45, 2.75) is 0 Å². The molecule has 12 aromatic rings. The second-order valence-corrected chi connectivity index (χ2v) is 15.7. The first kappa shape index (κ1) is 36.9. The Kier molecular flexibility index (Phi) is 8.97. The van der Waals surface area contributed by atoms with Gasteiger partial charge in [-0.05, 0) is 113 Å². The van der Waals surface area contributed by atoms with Crippen LogP contribution in [-0.2, 0) is 0 Å². The number of nitrogens with zero attached hydrogens (tertiary/aromatic N) is 8. The fourth-order valence-corrected chi connectivity index (χ4v) is 8.49. The summed E-state index contributed by atoms with van der Waals surface area (Å²) in [5.41, 5.74) is 14.3. The molecule has 0 spiro atoms. The van der Waals surface area contributed by atoms with Gasteiger partial charge in [-0.15, -0.1) is 0 Å². The van der Waals surface area contributed by atoms with Gasteiger partial charge in [0.25, 0.3) is 0 Å². The SMILES string of the molecule is c1cnc2ccc(-c3nc(-c4cc(-c5ccc(-c6ccnc7ccccc67)cc5)cc(-c5ccc(-c6ccnc7ccccc67)nc5)c4)nc(-c4cnc5ccccc5c4)n3)cc2c1. The molecule has 6 aromatic heterocycles. The van der Waals surface area contributed by atoms with E-state index in [1.54, 1.807) is 6.20 Å². The van der Waals surface area contributed by atoms with E-state index in [0.717, 1.165) is 105 Å². The van der Waals surface area contributed by atoms with Crippen LogP contribution in [0.1, 0.15) is 0 Å². The lowest BCUT2D eigenvalue weighted by Crippen LogP contribution is -2.01. The van der Waals surface area contributed by atoms with Crippen molar-refractivity contribution in [1.29, 1.82) is 0 Å². The zero-order valence-corrected chi connectivity index (χ0v) is 34.2. The van der Waals surface area contributed by atoms with Gasteiger partial charge in [-0.3, -0.25) is 24.9 Å². The van der Waals surface area contributed by atoms with Gasteiger partial charge in [0, 0.05) is 80.3 Å². The van der Waals surface area contributed by atoms with Crippen LogP contribution in [0.4, 0.5) is 0 Å². The first-order valence-electron chi connectivity index (χ1n) is 21.0. The molecule has 0 bridgehead atoms. The zero-order valence-electron chi connectivity index (χ0n) is 34.2. The monoisotopic (exact) mass is 818 g/mol. The highest BCUT2D eigenvalue weighted by molar-refractivity contribution is 5.95. The molecular weight excluding hydrogens is 785 g/mol. The molecule has 0 unspecified atom stereocenters. The van der Waals surface area contributed by atoms with Gasteiger partial charge < -0.3 is 0 Å². The first-order chi connectivity index (χ1) is 31.7. The summed E-state index contributed by atoms with van der Waals surface area (Å²) in [6, 6.07) is 60.2. The number of benzene rings is 6. The van der Waals surface area contributed by atoms with Crippen LogP contribution in [0.3, 0.4) is 0 Å². The molecule has 0 saturated carbocycles. The van der Waals surface area contributed by atoms with Crippen molar-refractivity contribution in [3.05, 3.63) is 207 Å². The fourth-order valence-electron chi connectivity index (χ4n) is 8.49. The third-order valence-electron chi connectivity index (χ3n) is 11.7. The minimum atomic E-state index is 0.529. The van der Waals surface area contributed by atoms with E-state index in [2.05, 4.69) is 118 Å². The van der Waals surface area contributed by atoms with Gasteiger partial charge in [0.1, 0.15) is 0 Å².